The first kappa shape index (κ1) is 15.1. The lowest BCUT2D eigenvalue weighted by Crippen LogP contribution is -2.28. The van der Waals surface area contributed by atoms with E-state index in [1.54, 1.807) is 14.2 Å². The first-order chi connectivity index (χ1) is 10.2. The first-order valence-electron chi connectivity index (χ1n) is 6.54. The number of anilines is 1. The molecule has 110 valence electrons. The third kappa shape index (κ3) is 4.10. The minimum atomic E-state index is 0.533. The van der Waals surface area contributed by atoms with Crippen LogP contribution in [0.25, 0.3) is 0 Å². The van der Waals surface area contributed by atoms with Crippen LogP contribution in [-0.4, -0.2) is 19.3 Å². The maximum absolute atomic E-state index is 5.31. The largest absolute Gasteiger partial charge is 0.496 e. The molecule has 0 radical (unpaired) electrons. The molecule has 0 heterocycles. The quantitative estimate of drug-likeness (QED) is 0.830. The number of rotatable bonds is 5. The van der Waals surface area contributed by atoms with Crippen LogP contribution >= 0.6 is 12.2 Å². The van der Waals surface area contributed by atoms with Crippen LogP contribution in [0.3, 0.4) is 0 Å². The van der Waals surface area contributed by atoms with Crippen molar-refractivity contribution in [3.05, 3.63) is 54.1 Å². The van der Waals surface area contributed by atoms with E-state index >= 15 is 0 Å². The summed E-state index contributed by atoms with van der Waals surface area (Å²) < 4.78 is 10.6. The second kappa shape index (κ2) is 7.50. The molecule has 2 N–H and O–H groups in total. The molecule has 0 saturated heterocycles. The molecule has 4 nitrogen and oxygen atoms in total. The van der Waals surface area contributed by atoms with Crippen molar-refractivity contribution in [3.8, 4) is 11.5 Å². The Hall–Kier alpha value is -2.27. The van der Waals surface area contributed by atoms with Crippen molar-refractivity contribution in [2.24, 2.45) is 0 Å². The molecule has 0 aliphatic heterocycles. The zero-order chi connectivity index (χ0) is 15.1. The van der Waals surface area contributed by atoms with Gasteiger partial charge in [0.05, 0.1) is 19.9 Å². The van der Waals surface area contributed by atoms with E-state index in [0.717, 1.165) is 22.7 Å². The second-order valence-corrected chi connectivity index (χ2v) is 4.73. The Morgan fingerprint density at radius 1 is 0.952 bits per heavy atom. The highest BCUT2D eigenvalue weighted by Gasteiger charge is 2.05. The van der Waals surface area contributed by atoms with E-state index in [4.69, 9.17) is 21.7 Å². The van der Waals surface area contributed by atoms with Gasteiger partial charge in [0.1, 0.15) is 11.5 Å². The highest BCUT2D eigenvalue weighted by molar-refractivity contribution is 7.80. The number of thiocarbonyl (C=S) groups is 1. The van der Waals surface area contributed by atoms with E-state index in [1.807, 2.05) is 48.5 Å². The number of nitrogens with one attached hydrogen (secondary N) is 2. The van der Waals surface area contributed by atoms with Crippen molar-refractivity contribution in [1.29, 1.82) is 0 Å². The molecule has 2 aromatic rings. The van der Waals surface area contributed by atoms with Gasteiger partial charge in [0, 0.05) is 12.1 Å². The predicted molar refractivity (Wildman–Crippen MR) is 89.0 cm³/mol. The number of para-hydroxylation sites is 3. The van der Waals surface area contributed by atoms with Gasteiger partial charge in [-0.05, 0) is 30.4 Å². The standard InChI is InChI=1S/C16H18N2O2S/c1-19-14-9-5-3-7-12(14)11-17-16(21)18-13-8-4-6-10-15(13)20-2/h3-10H,11H2,1-2H3,(H2,17,18,21). The van der Waals surface area contributed by atoms with Gasteiger partial charge in [-0.15, -0.1) is 0 Å². The summed E-state index contributed by atoms with van der Waals surface area (Å²) in [7, 11) is 3.29. The van der Waals surface area contributed by atoms with E-state index in [9.17, 15) is 0 Å². The van der Waals surface area contributed by atoms with Gasteiger partial charge >= 0.3 is 0 Å². The molecular formula is C16H18N2O2S. The van der Waals surface area contributed by atoms with Crippen LogP contribution in [0.5, 0.6) is 11.5 Å². The molecule has 2 aromatic carbocycles. The summed E-state index contributed by atoms with van der Waals surface area (Å²) in [5.41, 5.74) is 1.88. The molecule has 2 rings (SSSR count). The predicted octanol–water partition coefficient (Wildman–Crippen LogP) is 3.19. The zero-order valence-corrected chi connectivity index (χ0v) is 12.9. The van der Waals surface area contributed by atoms with E-state index in [-0.39, 0.29) is 0 Å². The molecule has 0 atom stereocenters. The van der Waals surface area contributed by atoms with Gasteiger partial charge in [-0.3, -0.25) is 0 Å². The van der Waals surface area contributed by atoms with E-state index in [2.05, 4.69) is 10.6 Å². The van der Waals surface area contributed by atoms with Gasteiger partial charge in [-0.2, -0.15) is 0 Å². The van der Waals surface area contributed by atoms with Crippen LogP contribution in [0.15, 0.2) is 48.5 Å². The third-order valence-electron chi connectivity index (χ3n) is 2.99. The van der Waals surface area contributed by atoms with Crippen molar-refractivity contribution in [3.63, 3.8) is 0 Å². The smallest absolute Gasteiger partial charge is 0.171 e. The van der Waals surface area contributed by atoms with Gasteiger partial charge in [0.15, 0.2) is 5.11 Å². The number of methoxy groups -OCH3 is 2. The fraction of sp³-hybridized carbons (Fsp3) is 0.188. The van der Waals surface area contributed by atoms with Crippen LogP contribution < -0.4 is 20.1 Å². The molecule has 0 aliphatic rings. The average Bonchev–Trinajstić information content (AvgIpc) is 2.53. The first-order valence-corrected chi connectivity index (χ1v) is 6.95. The zero-order valence-electron chi connectivity index (χ0n) is 12.1. The van der Waals surface area contributed by atoms with E-state index < -0.39 is 0 Å². The number of hydrogen-bond acceptors (Lipinski definition) is 3. The monoisotopic (exact) mass is 302 g/mol. The molecule has 0 spiro atoms. The molecule has 0 aromatic heterocycles. The molecule has 0 fully saturated rings. The number of ether oxygens (including phenoxy) is 2. The Morgan fingerprint density at radius 3 is 2.29 bits per heavy atom. The second-order valence-electron chi connectivity index (χ2n) is 4.32. The van der Waals surface area contributed by atoms with Crippen LogP contribution in [0.2, 0.25) is 0 Å². The van der Waals surface area contributed by atoms with Crippen molar-refractivity contribution >= 4 is 23.0 Å². The SMILES string of the molecule is COc1ccccc1CNC(=S)Nc1ccccc1OC. The summed E-state index contributed by atoms with van der Waals surface area (Å²) >= 11 is 5.30. The topological polar surface area (TPSA) is 42.5 Å². The van der Waals surface area contributed by atoms with Gasteiger partial charge < -0.3 is 20.1 Å². The summed E-state index contributed by atoms with van der Waals surface area (Å²) in [5, 5.41) is 6.81. The highest BCUT2D eigenvalue weighted by Crippen LogP contribution is 2.23. The van der Waals surface area contributed by atoms with Crippen molar-refractivity contribution in [2.45, 2.75) is 6.54 Å². The third-order valence-corrected chi connectivity index (χ3v) is 3.23. The Balaban J connectivity index is 1.96. The fourth-order valence-electron chi connectivity index (χ4n) is 1.94. The summed E-state index contributed by atoms with van der Waals surface area (Å²) in [6.45, 7) is 0.588. The molecule has 21 heavy (non-hydrogen) atoms. The number of hydrogen-bond donors (Lipinski definition) is 2. The molecule has 0 saturated carbocycles. The lowest BCUT2D eigenvalue weighted by molar-refractivity contribution is 0.409. The average molecular weight is 302 g/mol. The molecule has 0 amide bonds. The summed E-state index contributed by atoms with van der Waals surface area (Å²) in [4.78, 5) is 0. The summed E-state index contributed by atoms with van der Waals surface area (Å²) in [6, 6.07) is 15.5. The maximum Gasteiger partial charge on any atom is 0.171 e. The Morgan fingerprint density at radius 2 is 1.57 bits per heavy atom. The normalized spacial score (nSPS) is 9.81. The van der Waals surface area contributed by atoms with Gasteiger partial charge in [-0.25, -0.2) is 0 Å². The molecule has 5 heteroatoms. The molecule has 0 aliphatic carbocycles. The highest BCUT2D eigenvalue weighted by atomic mass is 32.1. The molecule has 0 bridgehead atoms. The molecule has 0 unspecified atom stereocenters. The fourth-order valence-corrected chi connectivity index (χ4v) is 2.12. The van der Waals surface area contributed by atoms with Gasteiger partial charge in [-0.1, -0.05) is 30.3 Å². The van der Waals surface area contributed by atoms with Crippen molar-refractivity contribution < 1.29 is 9.47 Å². The number of benzene rings is 2. The van der Waals surface area contributed by atoms with E-state index in [1.165, 1.54) is 0 Å². The Labute approximate surface area is 130 Å². The summed E-state index contributed by atoms with van der Waals surface area (Å²) in [6.07, 6.45) is 0. The van der Waals surface area contributed by atoms with Crippen LogP contribution in [0.1, 0.15) is 5.56 Å². The van der Waals surface area contributed by atoms with Crippen LogP contribution in [0, 0.1) is 0 Å². The van der Waals surface area contributed by atoms with Crippen LogP contribution in [-0.2, 0) is 6.54 Å². The van der Waals surface area contributed by atoms with E-state index in [0.29, 0.717) is 11.7 Å². The van der Waals surface area contributed by atoms with Crippen molar-refractivity contribution in [1.82, 2.24) is 5.32 Å². The van der Waals surface area contributed by atoms with Crippen molar-refractivity contribution in [2.75, 3.05) is 19.5 Å². The Bertz CT molecular complexity index is 617. The maximum atomic E-state index is 5.31. The van der Waals surface area contributed by atoms with Crippen LogP contribution in [0.4, 0.5) is 5.69 Å². The lowest BCUT2D eigenvalue weighted by Gasteiger charge is -2.14. The summed E-state index contributed by atoms with van der Waals surface area (Å²) in [5.74, 6) is 1.59. The van der Waals surface area contributed by atoms with Gasteiger partial charge in [0.25, 0.3) is 0 Å². The Kier molecular flexibility index (Phi) is 5.40. The lowest BCUT2D eigenvalue weighted by atomic mass is 10.2. The molecular weight excluding hydrogens is 284 g/mol. The minimum Gasteiger partial charge on any atom is -0.496 e. The minimum absolute atomic E-state index is 0.533. The van der Waals surface area contributed by atoms with Gasteiger partial charge in [0.2, 0.25) is 0 Å².